The second kappa shape index (κ2) is 9.69. The van der Waals surface area contributed by atoms with Gasteiger partial charge in [-0.2, -0.15) is 5.10 Å². The average molecular weight is 432 g/mol. The zero-order chi connectivity index (χ0) is 21.7. The molecule has 30 heavy (non-hydrogen) atoms. The lowest BCUT2D eigenvalue weighted by molar-refractivity contribution is 0.349. The number of ether oxygens (including phenoxy) is 3. The third-order valence-electron chi connectivity index (χ3n) is 5.37. The molecule has 1 aliphatic rings. The van der Waals surface area contributed by atoms with E-state index in [1.165, 1.54) is 19.3 Å². The van der Waals surface area contributed by atoms with E-state index in [4.69, 9.17) is 24.3 Å². The zero-order valence-electron chi connectivity index (χ0n) is 18.9. The molecule has 164 valence electrons. The van der Waals surface area contributed by atoms with Gasteiger partial charge in [0, 0.05) is 22.4 Å². The minimum Gasteiger partial charge on any atom is -0.496 e. The Morgan fingerprint density at radius 3 is 2.20 bits per heavy atom. The summed E-state index contributed by atoms with van der Waals surface area (Å²) in [4.78, 5) is 6.01. The van der Waals surface area contributed by atoms with Crippen LogP contribution < -0.4 is 19.0 Å². The molecule has 2 aromatic rings. The van der Waals surface area contributed by atoms with E-state index in [0.29, 0.717) is 23.3 Å². The molecule has 0 aliphatic heterocycles. The molecule has 1 saturated carbocycles. The first-order valence-electron chi connectivity index (χ1n) is 10.5. The van der Waals surface area contributed by atoms with Crippen molar-refractivity contribution in [1.29, 1.82) is 0 Å². The summed E-state index contributed by atoms with van der Waals surface area (Å²) in [5.74, 6) is 1.94. The summed E-state index contributed by atoms with van der Waals surface area (Å²) >= 11 is 1.66. The van der Waals surface area contributed by atoms with Crippen molar-refractivity contribution in [3.05, 3.63) is 33.6 Å². The van der Waals surface area contributed by atoms with Gasteiger partial charge in [-0.1, -0.05) is 40.0 Å². The van der Waals surface area contributed by atoms with Gasteiger partial charge < -0.3 is 14.2 Å². The summed E-state index contributed by atoms with van der Waals surface area (Å²) in [5.41, 5.74) is 1.91. The summed E-state index contributed by atoms with van der Waals surface area (Å²) in [7, 11) is 4.87. The van der Waals surface area contributed by atoms with Crippen LogP contribution in [0.4, 0.5) is 0 Å². The molecule has 6 nitrogen and oxygen atoms in total. The average Bonchev–Trinajstić information content (AvgIpc) is 3.15. The van der Waals surface area contributed by atoms with Crippen LogP contribution in [0.3, 0.4) is 0 Å². The normalized spacial score (nSPS) is 16.3. The van der Waals surface area contributed by atoms with E-state index in [-0.39, 0.29) is 5.41 Å². The second-order valence-electron chi connectivity index (χ2n) is 8.58. The van der Waals surface area contributed by atoms with E-state index in [0.717, 1.165) is 28.9 Å². The van der Waals surface area contributed by atoms with Crippen LogP contribution in [0.1, 0.15) is 64.1 Å². The molecule has 7 heteroatoms. The Kier molecular flexibility index (Phi) is 7.23. The highest BCUT2D eigenvalue weighted by molar-refractivity contribution is 7.07. The molecule has 0 saturated heterocycles. The lowest BCUT2D eigenvalue weighted by Gasteiger charge is -2.19. The Morgan fingerprint density at radius 2 is 1.60 bits per heavy atom. The predicted octanol–water partition coefficient (Wildman–Crippen LogP) is 4.99. The van der Waals surface area contributed by atoms with Gasteiger partial charge in [0.05, 0.1) is 39.3 Å². The first kappa shape index (κ1) is 22.4. The molecule has 0 unspecified atom stereocenters. The Bertz CT molecular complexity index is 948. The largest absolute Gasteiger partial charge is 0.496 e. The van der Waals surface area contributed by atoms with E-state index < -0.39 is 0 Å². The van der Waals surface area contributed by atoms with Crippen LogP contribution >= 0.6 is 11.3 Å². The van der Waals surface area contributed by atoms with E-state index in [1.807, 2.05) is 23.0 Å². The van der Waals surface area contributed by atoms with Crippen molar-refractivity contribution in [3.8, 4) is 17.2 Å². The van der Waals surface area contributed by atoms with Gasteiger partial charge in [0.1, 0.15) is 5.75 Å². The smallest absolute Gasteiger partial charge is 0.206 e. The maximum absolute atomic E-state index is 5.55. The zero-order valence-corrected chi connectivity index (χ0v) is 19.7. The molecule has 1 aliphatic carbocycles. The number of thiazole rings is 1. The molecule has 0 radical (unpaired) electrons. The highest BCUT2D eigenvalue weighted by atomic mass is 32.1. The number of rotatable bonds is 6. The first-order chi connectivity index (χ1) is 14.4. The van der Waals surface area contributed by atoms with Gasteiger partial charge in [-0.3, -0.25) is 4.99 Å². The number of hydrogen-bond donors (Lipinski definition) is 0. The molecular formula is C23H33N3O3S. The van der Waals surface area contributed by atoms with E-state index in [1.54, 1.807) is 32.7 Å². The van der Waals surface area contributed by atoms with Crippen molar-refractivity contribution < 1.29 is 14.2 Å². The lowest BCUT2D eigenvalue weighted by atomic mass is 9.93. The molecule has 1 aromatic heterocycles. The van der Waals surface area contributed by atoms with Crippen LogP contribution in [0, 0.1) is 0 Å². The van der Waals surface area contributed by atoms with Crippen molar-refractivity contribution in [2.75, 3.05) is 21.3 Å². The number of hydrogen-bond acceptors (Lipinski definition) is 6. The molecule has 1 heterocycles. The SMILES string of the molecule is COc1cc(OC)c(OC)cc1/C=N/n1c(C(C)(C)C)cs/c1=N\C1CCCCC1. The summed E-state index contributed by atoms with van der Waals surface area (Å²) in [6.45, 7) is 6.59. The third-order valence-corrected chi connectivity index (χ3v) is 6.20. The lowest BCUT2D eigenvalue weighted by Crippen LogP contribution is -2.24. The molecule has 0 spiro atoms. The number of nitrogens with zero attached hydrogens (tertiary/aromatic N) is 3. The van der Waals surface area contributed by atoms with Crippen molar-refractivity contribution in [2.24, 2.45) is 10.1 Å². The van der Waals surface area contributed by atoms with Crippen molar-refractivity contribution >= 4 is 17.6 Å². The first-order valence-corrected chi connectivity index (χ1v) is 11.3. The topological polar surface area (TPSA) is 57.3 Å². The molecular weight excluding hydrogens is 398 g/mol. The van der Waals surface area contributed by atoms with E-state index in [9.17, 15) is 0 Å². The molecule has 3 rings (SSSR count). The molecule has 0 atom stereocenters. The highest BCUT2D eigenvalue weighted by Gasteiger charge is 2.21. The van der Waals surface area contributed by atoms with Crippen molar-refractivity contribution in [3.63, 3.8) is 0 Å². The monoisotopic (exact) mass is 431 g/mol. The van der Waals surface area contributed by atoms with Gasteiger partial charge in [-0.25, -0.2) is 4.68 Å². The van der Waals surface area contributed by atoms with Gasteiger partial charge >= 0.3 is 0 Å². The molecule has 1 aromatic carbocycles. The fourth-order valence-electron chi connectivity index (χ4n) is 3.64. The minimum atomic E-state index is -0.0458. The van der Waals surface area contributed by atoms with Crippen LogP contribution in [0.25, 0.3) is 0 Å². The van der Waals surface area contributed by atoms with Crippen LogP contribution in [0.2, 0.25) is 0 Å². The Morgan fingerprint density at radius 1 is 0.967 bits per heavy atom. The predicted molar refractivity (Wildman–Crippen MR) is 123 cm³/mol. The Hall–Kier alpha value is -2.28. The fraction of sp³-hybridized carbons (Fsp3) is 0.565. The Labute approximate surface area is 183 Å². The second-order valence-corrected chi connectivity index (χ2v) is 9.42. The van der Waals surface area contributed by atoms with Gasteiger partial charge in [-0.15, -0.1) is 11.3 Å². The van der Waals surface area contributed by atoms with E-state index in [2.05, 4.69) is 26.2 Å². The van der Waals surface area contributed by atoms with Gasteiger partial charge in [0.2, 0.25) is 4.80 Å². The summed E-state index contributed by atoms with van der Waals surface area (Å²) in [5, 5.41) is 7.01. The van der Waals surface area contributed by atoms with Gasteiger partial charge in [0.15, 0.2) is 11.5 Å². The summed E-state index contributed by atoms with van der Waals surface area (Å²) < 4.78 is 18.4. The van der Waals surface area contributed by atoms with Crippen LogP contribution in [0.5, 0.6) is 17.2 Å². The van der Waals surface area contributed by atoms with Gasteiger partial charge in [-0.05, 0) is 18.9 Å². The van der Waals surface area contributed by atoms with Crippen LogP contribution in [0.15, 0.2) is 27.6 Å². The van der Waals surface area contributed by atoms with Crippen LogP contribution in [-0.2, 0) is 5.41 Å². The van der Waals surface area contributed by atoms with Crippen LogP contribution in [-0.4, -0.2) is 38.3 Å². The van der Waals surface area contributed by atoms with Crippen molar-refractivity contribution in [2.45, 2.75) is 64.3 Å². The standard InChI is InChI=1S/C23H33N3O3S/c1-23(2,3)21-15-30-22(25-17-10-8-7-9-11-17)26(21)24-14-16-12-19(28-5)20(29-6)13-18(16)27-4/h12-15,17H,7-11H2,1-6H3/b24-14+,25-22-. The number of aromatic nitrogens is 1. The Balaban J connectivity index is 2.06. The molecule has 0 N–H and O–H groups in total. The molecule has 1 fully saturated rings. The van der Waals surface area contributed by atoms with E-state index >= 15 is 0 Å². The number of methoxy groups -OCH3 is 3. The summed E-state index contributed by atoms with van der Waals surface area (Å²) in [6, 6.07) is 4.08. The molecule has 0 amide bonds. The molecule has 0 bridgehead atoms. The summed E-state index contributed by atoms with van der Waals surface area (Å²) in [6.07, 6.45) is 7.98. The number of benzene rings is 1. The quantitative estimate of drug-likeness (QED) is 0.606. The fourth-order valence-corrected chi connectivity index (χ4v) is 4.77. The minimum absolute atomic E-state index is 0.0458. The highest BCUT2D eigenvalue weighted by Crippen LogP contribution is 2.34. The maximum atomic E-state index is 5.55. The third kappa shape index (κ3) is 5.06. The maximum Gasteiger partial charge on any atom is 0.206 e. The van der Waals surface area contributed by atoms with Gasteiger partial charge in [0.25, 0.3) is 0 Å². The van der Waals surface area contributed by atoms with Crippen molar-refractivity contribution in [1.82, 2.24) is 4.68 Å².